The Bertz CT molecular complexity index is 1350. The van der Waals surface area contributed by atoms with E-state index in [1.165, 1.54) is 0 Å². The Kier molecular flexibility index (Phi) is 6.93. The largest absolute Gasteiger partial charge is 0.387 e. The highest BCUT2D eigenvalue weighted by Crippen LogP contribution is 2.42. The van der Waals surface area contributed by atoms with E-state index < -0.39 is 21.5 Å². The predicted molar refractivity (Wildman–Crippen MR) is 144 cm³/mol. The Labute approximate surface area is 224 Å². The molecule has 1 saturated heterocycles. The second-order valence-corrected chi connectivity index (χ2v) is 13.5. The molecule has 202 valence electrons. The molecule has 3 aromatic rings. The number of sulfone groups is 1. The van der Waals surface area contributed by atoms with Gasteiger partial charge in [0.25, 0.3) is 0 Å². The number of aliphatic hydroxyl groups is 2. The van der Waals surface area contributed by atoms with Gasteiger partial charge in [0, 0.05) is 36.6 Å². The molecule has 0 amide bonds. The minimum Gasteiger partial charge on any atom is -0.387 e. The maximum Gasteiger partial charge on any atom is 0.181 e. The molecule has 2 unspecified atom stereocenters. The van der Waals surface area contributed by atoms with Crippen molar-refractivity contribution >= 4 is 9.84 Å². The Hall–Kier alpha value is -2.52. The summed E-state index contributed by atoms with van der Waals surface area (Å²) < 4.78 is 31.0. The molecule has 38 heavy (non-hydrogen) atoms. The van der Waals surface area contributed by atoms with Crippen molar-refractivity contribution in [2.75, 3.05) is 13.2 Å². The van der Waals surface area contributed by atoms with E-state index in [1.54, 1.807) is 18.3 Å². The highest BCUT2D eigenvalue weighted by atomic mass is 32.2. The van der Waals surface area contributed by atoms with Gasteiger partial charge in [0.1, 0.15) is 6.10 Å². The molecule has 3 aliphatic rings. The molecule has 2 aliphatic carbocycles. The number of H-pyrrole nitrogens is 1. The van der Waals surface area contributed by atoms with Crippen molar-refractivity contribution in [2.45, 2.75) is 79.1 Å². The normalized spacial score (nSPS) is 21.5. The Balaban J connectivity index is 1.25. The summed E-state index contributed by atoms with van der Waals surface area (Å²) in [6.45, 7) is 1.56. The summed E-state index contributed by atoms with van der Waals surface area (Å²) >= 11 is 0. The molecule has 7 nitrogen and oxygen atoms in total. The molecule has 6 rings (SSSR count). The first-order chi connectivity index (χ1) is 18.3. The first kappa shape index (κ1) is 25.7. The van der Waals surface area contributed by atoms with Crippen LogP contribution in [0.4, 0.5) is 0 Å². The van der Waals surface area contributed by atoms with Crippen molar-refractivity contribution < 1.29 is 23.4 Å². The summed E-state index contributed by atoms with van der Waals surface area (Å²) in [7, 11) is -3.22. The highest BCUT2D eigenvalue weighted by Gasteiger charge is 2.42. The number of rotatable bonds is 9. The van der Waals surface area contributed by atoms with Gasteiger partial charge in [-0.1, -0.05) is 18.2 Å². The molecule has 2 saturated carbocycles. The molecule has 1 aromatic carbocycles. The highest BCUT2D eigenvalue weighted by molar-refractivity contribution is 7.92. The number of aromatic nitrogens is 2. The van der Waals surface area contributed by atoms with Gasteiger partial charge in [0.05, 0.1) is 27.1 Å². The molecule has 8 heteroatoms. The lowest BCUT2D eigenvalue weighted by molar-refractivity contribution is -0.127. The summed E-state index contributed by atoms with van der Waals surface area (Å²) in [6, 6.07) is 15.3. The van der Waals surface area contributed by atoms with E-state index >= 15 is 0 Å². The maximum absolute atomic E-state index is 12.7. The van der Waals surface area contributed by atoms with E-state index in [9.17, 15) is 18.6 Å². The van der Waals surface area contributed by atoms with Crippen LogP contribution in [-0.2, 0) is 14.6 Å². The molecular weight excluding hydrogens is 500 g/mol. The van der Waals surface area contributed by atoms with Crippen molar-refractivity contribution in [3.8, 4) is 11.4 Å². The van der Waals surface area contributed by atoms with Crippen LogP contribution in [0.3, 0.4) is 0 Å². The fraction of sp³-hybridized carbons (Fsp3) is 0.500. The SMILES string of the molecule is O=S(=O)(c1ccc(C(CC2CCOCC2)c2ccc(-c3ccc(C(O)C4(O)CCC4)cn3)[nH]2)cc1)C1CC1. The number of benzene rings is 1. The van der Waals surface area contributed by atoms with E-state index in [-0.39, 0.29) is 11.2 Å². The fourth-order valence-corrected chi connectivity index (χ4v) is 7.49. The van der Waals surface area contributed by atoms with Gasteiger partial charge in [-0.15, -0.1) is 0 Å². The van der Waals surface area contributed by atoms with Crippen molar-refractivity contribution in [3.05, 3.63) is 71.5 Å². The third-order valence-electron chi connectivity index (χ3n) is 8.67. The van der Waals surface area contributed by atoms with Crippen LogP contribution in [0.25, 0.3) is 11.4 Å². The quantitative estimate of drug-likeness (QED) is 0.358. The second-order valence-electron chi connectivity index (χ2n) is 11.3. The molecule has 0 bridgehead atoms. The summed E-state index contributed by atoms with van der Waals surface area (Å²) in [5.41, 5.74) is 3.41. The van der Waals surface area contributed by atoms with Crippen LogP contribution in [0.2, 0.25) is 0 Å². The topological polar surface area (TPSA) is 113 Å². The van der Waals surface area contributed by atoms with Gasteiger partial charge in [-0.25, -0.2) is 8.42 Å². The number of nitrogens with one attached hydrogen (secondary N) is 1. The Morgan fingerprint density at radius 2 is 1.68 bits per heavy atom. The number of nitrogens with zero attached hydrogens (tertiary/aromatic N) is 1. The van der Waals surface area contributed by atoms with Crippen molar-refractivity contribution in [2.24, 2.45) is 5.92 Å². The van der Waals surface area contributed by atoms with Crippen molar-refractivity contribution in [1.29, 1.82) is 0 Å². The van der Waals surface area contributed by atoms with E-state index in [0.717, 1.165) is 74.4 Å². The smallest absolute Gasteiger partial charge is 0.181 e. The zero-order chi connectivity index (χ0) is 26.3. The van der Waals surface area contributed by atoms with Gasteiger partial charge in [-0.05, 0) is 93.2 Å². The number of hydrogen-bond donors (Lipinski definition) is 3. The van der Waals surface area contributed by atoms with Gasteiger partial charge >= 0.3 is 0 Å². The van der Waals surface area contributed by atoms with Crippen molar-refractivity contribution in [3.63, 3.8) is 0 Å². The molecule has 2 aromatic heterocycles. The van der Waals surface area contributed by atoms with Crippen LogP contribution in [0.1, 0.15) is 80.2 Å². The predicted octanol–water partition coefficient (Wildman–Crippen LogP) is 4.91. The third kappa shape index (κ3) is 5.07. The molecule has 0 radical (unpaired) electrons. The molecular formula is C30H36N2O5S. The standard InChI is InChI=1S/C30H36N2O5S/c33-29(30(34)14-1-15-30)22-4-9-27(31-19-22)28-11-10-26(32-28)25(18-20-12-16-37-17-13-20)21-2-5-23(6-3-21)38(35,36)24-7-8-24/h2-6,9-11,19-20,24-25,29,32-34H,1,7-8,12-18H2. The van der Waals surface area contributed by atoms with Crippen LogP contribution < -0.4 is 0 Å². The molecule has 3 N–H and O–H groups in total. The zero-order valence-corrected chi connectivity index (χ0v) is 22.4. The monoisotopic (exact) mass is 536 g/mol. The fourth-order valence-electron chi connectivity index (χ4n) is 5.83. The lowest BCUT2D eigenvalue weighted by Crippen LogP contribution is -2.43. The van der Waals surface area contributed by atoms with Crippen molar-refractivity contribution in [1.82, 2.24) is 9.97 Å². The Morgan fingerprint density at radius 1 is 0.974 bits per heavy atom. The van der Waals surface area contributed by atoms with Gasteiger partial charge in [0.15, 0.2) is 9.84 Å². The second kappa shape index (κ2) is 10.2. The first-order valence-electron chi connectivity index (χ1n) is 13.8. The van der Waals surface area contributed by atoms with Crippen LogP contribution >= 0.6 is 0 Å². The number of ether oxygens (including phenoxy) is 1. The lowest BCUT2D eigenvalue weighted by Gasteiger charge is -2.40. The van der Waals surface area contributed by atoms with Crippen LogP contribution in [-0.4, -0.2) is 52.7 Å². The van der Waals surface area contributed by atoms with Crippen LogP contribution in [0.5, 0.6) is 0 Å². The minimum absolute atomic E-state index is 0.0958. The lowest BCUT2D eigenvalue weighted by atomic mass is 9.74. The molecule has 3 fully saturated rings. The van der Waals surface area contributed by atoms with E-state index in [0.29, 0.717) is 29.2 Å². The van der Waals surface area contributed by atoms with E-state index in [1.807, 2.05) is 30.3 Å². The van der Waals surface area contributed by atoms with Gasteiger partial charge in [-0.2, -0.15) is 0 Å². The molecule has 1 aliphatic heterocycles. The molecule has 0 spiro atoms. The average Bonchev–Trinajstić information content (AvgIpc) is 3.69. The number of aliphatic hydroxyl groups excluding tert-OH is 1. The maximum atomic E-state index is 12.7. The number of hydrogen-bond acceptors (Lipinski definition) is 6. The third-order valence-corrected chi connectivity index (χ3v) is 11.0. The zero-order valence-electron chi connectivity index (χ0n) is 21.6. The average molecular weight is 537 g/mol. The van der Waals surface area contributed by atoms with E-state index in [2.05, 4.69) is 16.0 Å². The number of aromatic amines is 1. The minimum atomic E-state index is -3.22. The van der Waals surface area contributed by atoms with Gasteiger partial charge in [-0.3, -0.25) is 4.98 Å². The number of pyridine rings is 1. The summed E-state index contributed by atoms with van der Waals surface area (Å²) in [5, 5.41) is 20.9. The first-order valence-corrected chi connectivity index (χ1v) is 15.4. The van der Waals surface area contributed by atoms with Gasteiger partial charge < -0.3 is 19.9 Å². The Morgan fingerprint density at radius 3 is 2.29 bits per heavy atom. The van der Waals surface area contributed by atoms with Gasteiger partial charge in [0.2, 0.25) is 0 Å². The molecule has 2 atom stereocenters. The van der Waals surface area contributed by atoms with Crippen LogP contribution in [0.15, 0.2) is 59.6 Å². The van der Waals surface area contributed by atoms with E-state index in [4.69, 9.17) is 4.74 Å². The summed E-state index contributed by atoms with van der Waals surface area (Å²) in [4.78, 5) is 8.56. The summed E-state index contributed by atoms with van der Waals surface area (Å²) in [5.74, 6) is 0.630. The summed E-state index contributed by atoms with van der Waals surface area (Å²) in [6.07, 6.45) is 7.39. The molecule has 3 heterocycles. The van der Waals surface area contributed by atoms with Crippen LogP contribution in [0, 0.1) is 5.92 Å².